The van der Waals surface area contributed by atoms with Crippen LogP contribution in [0.15, 0.2) is 61.1 Å². The number of carbonyl (C=O) groups is 1. The van der Waals surface area contributed by atoms with Gasteiger partial charge in [-0.25, -0.2) is 9.97 Å². The molecule has 0 saturated carbocycles. The highest BCUT2D eigenvalue weighted by Crippen LogP contribution is 2.26. The van der Waals surface area contributed by atoms with Crippen LogP contribution < -0.4 is 5.32 Å². The molecule has 0 aliphatic heterocycles. The summed E-state index contributed by atoms with van der Waals surface area (Å²) in [6, 6.07) is 13.0. The van der Waals surface area contributed by atoms with Gasteiger partial charge in [0.1, 0.15) is 11.6 Å². The summed E-state index contributed by atoms with van der Waals surface area (Å²) in [5.74, 6) is 1.33. The summed E-state index contributed by atoms with van der Waals surface area (Å²) in [4.78, 5) is 21.3. The molecule has 0 unspecified atom stereocenters. The van der Waals surface area contributed by atoms with E-state index in [2.05, 4.69) is 15.3 Å². The third kappa shape index (κ3) is 3.29. The van der Waals surface area contributed by atoms with Crippen LogP contribution in [0.2, 0.25) is 0 Å². The number of benzene rings is 1. The van der Waals surface area contributed by atoms with Gasteiger partial charge in [0, 0.05) is 19.5 Å². The smallest absolute Gasteiger partial charge is 0.261 e. The molecule has 0 aliphatic carbocycles. The van der Waals surface area contributed by atoms with Crippen LogP contribution in [0.5, 0.6) is 0 Å². The Labute approximate surface area is 146 Å². The average Bonchev–Trinajstić information content (AvgIpc) is 3.08. The number of amides is 1. The number of anilines is 1. The minimum atomic E-state index is -1.08. The monoisotopic (exact) mass is 336 g/mol. The van der Waals surface area contributed by atoms with Gasteiger partial charge in [-0.2, -0.15) is 0 Å². The van der Waals surface area contributed by atoms with Crippen molar-refractivity contribution < 1.29 is 9.53 Å². The van der Waals surface area contributed by atoms with Gasteiger partial charge in [0.2, 0.25) is 0 Å². The van der Waals surface area contributed by atoms with E-state index in [1.807, 2.05) is 54.1 Å². The molecule has 2 aromatic heterocycles. The summed E-state index contributed by atoms with van der Waals surface area (Å²) in [6.45, 7) is 3.65. The Kier molecular flexibility index (Phi) is 4.63. The molecule has 0 bridgehead atoms. The van der Waals surface area contributed by atoms with E-state index in [9.17, 15) is 4.79 Å². The zero-order chi connectivity index (χ0) is 17.9. The van der Waals surface area contributed by atoms with Crippen molar-refractivity contribution in [2.75, 3.05) is 12.4 Å². The number of nitrogens with one attached hydrogen (secondary N) is 1. The Hall–Kier alpha value is -2.99. The van der Waals surface area contributed by atoms with Crippen molar-refractivity contribution in [2.45, 2.75) is 19.4 Å². The molecule has 1 amide bonds. The fourth-order valence-electron chi connectivity index (χ4n) is 2.57. The zero-order valence-corrected chi connectivity index (χ0v) is 14.4. The summed E-state index contributed by atoms with van der Waals surface area (Å²) in [7, 11) is 1.52. The molecule has 1 atom stereocenters. The van der Waals surface area contributed by atoms with Crippen molar-refractivity contribution in [3.05, 3.63) is 72.4 Å². The highest BCUT2D eigenvalue weighted by atomic mass is 16.5. The second kappa shape index (κ2) is 6.86. The van der Waals surface area contributed by atoms with Gasteiger partial charge in [0.05, 0.1) is 11.9 Å². The number of hydrogen-bond donors (Lipinski definition) is 1. The van der Waals surface area contributed by atoms with Crippen LogP contribution in [0.1, 0.15) is 18.3 Å². The molecule has 3 aromatic rings. The number of hydrogen-bond acceptors (Lipinski definition) is 4. The molecule has 1 N–H and O–H groups in total. The molecule has 2 heterocycles. The number of rotatable bonds is 5. The van der Waals surface area contributed by atoms with E-state index in [4.69, 9.17) is 4.74 Å². The van der Waals surface area contributed by atoms with E-state index in [0.717, 1.165) is 17.2 Å². The highest BCUT2D eigenvalue weighted by Gasteiger charge is 2.35. The van der Waals surface area contributed by atoms with Gasteiger partial charge in [-0.3, -0.25) is 9.36 Å². The maximum absolute atomic E-state index is 12.8. The van der Waals surface area contributed by atoms with Crippen molar-refractivity contribution >= 4 is 11.6 Å². The summed E-state index contributed by atoms with van der Waals surface area (Å²) >= 11 is 0. The van der Waals surface area contributed by atoms with Gasteiger partial charge in [0.25, 0.3) is 5.91 Å². The van der Waals surface area contributed by atoms with E-state index in [1.165, 1.54) is 7.11 Å². The molecule has 0 spiro atoms. The van der Waals surface area contributed by atoms with Crippen LogP contribution in [0.3, 0.4) is 0 Å². The molecule has 0 radical (unpaired) electrons. The largest absolute Gasteiger partial charge is 0.364 e. The maximum atomic E-state index is 12.8. The highest BCUT2D eigenvalue weighted by molar-refractivity contribution is 5.97. The van der Waals surface area contributed by atoms with E-state index in [0.29, 0.717) is 5.69 Å². The molecule has 0 saturated heterocycles. The number of imidazole rings is 1. The second-order valence-electron chi connectivity index (χ2n) is 5.81. The molecule has 6 nitrogen and oxygen atoms in total. The first-order chi connectivity index (χ1) is 12.0. The van der Waals surface area contributed by atoms with Gasteiger partial charge >= 0.3 is 0 Å². The van der Waals surface area contributed by atoms with Crippen LogP contribution in [0.4, 0.5) is 5.69 Å². The summed E-state index contributed by atoms with van der Waals surface area (Å²) < 4.78 is 7.38. The van der Waals surface area contributed by atoms with Crippen LogP contribution >= 0.6 is 0 Å². The molecule has 25 heavy (non-hydrogen) atoms. The van der Waals surface area contributed by atoms with E-state index < -0.39 is 5.60 Å². The fraction of sp³-hybridized carbons (Fsp3) is 0.211. The van der Waals surface area contributed by atoms with Gasteiger partial charge in [-0.05, 0) is 31.5 Å². The Balaban J connectivity index is 1.79. The van der Waals surface area contributed by atoms with Gasteiger partial charge < -0.3 is 10.1 Å². The predicted octanol–water partition coefficient (Wildman–Crippen LogP) is 3.08. The molecular formula is C19H20N4O2. The summed E-state index contributed by atoms with van der Waals surface area (Å²) in [5, 5.41) is 2.87. The van der Waals surface area contributed by atoms with Crippen molar-refractivity contribution in [3.8, 4) is 5.82 Å². The third-order valence-corrected chi connectivity index (χ3v) is 4.24. The zero-order valence-electron chi connectivity index (χ0n) is 14.4. The van der Waals surface area contributed by atoms with Gasteiger partial charge in [-0.15, -0.1) is 0 Å². The molecule has 0 fully saturated rings. The predicted molar refractivity (Wildman–Crippen MR) is 95.5 cm³/mol. The number of pyridine rings is 1. The minimum absolute atomic E-state index is 0.255. The first-order valence-electron chi connectivity index (χ1n) is 7.93. The number of aryl methyl sites for hydroxylation is 1. The average molecular weight is 336 g/mol. The fourth-order valence-corrected chi connectivity index (χ4v) is 2.57. The van der Waals surface area contributed by atoms with Crippen LogP contribution in [0.25, 0.3) is 5.82 Å². The number of nitrogens with zero attached hydrogens (tertiary/aromatic N) is 3. The topological polar surface area (TPSA) is 69.0 Å². The lowest BCUT2D eigenvalue weighted by atomic mass is 9.94. The third-order valence-electron chi connectivity index (χ3n) is 4.24. The molecule has 1 aromatic carbocycles. The SMILES string of the molecule is CO[C@](C)(C(=O)Nc1ccc(-n2ccnc2C)nc1)c1ccccc1. The van der Waals surface area contributed by atoms with Crippen LogP contribution in [0, 0.1) is 6.92 Å². The van der Waals surface area contributed by atoms with Crippen LogP contribution in [-0.2, 0) is 15.1 Å². The summed E-state index contributed by atoms with van der Waals surface area (Å²) in [5.41, 5.74) is 0.306. The standard InChI is InChI=1S/C19H20N4O2/c1-14-20-11-12-23(14)17-10-9-16(13-21-17)22-18(24)19(2,25-3)15-7-5-4-6-8-15/h4-13H,1-3H3,(H,22,24)/t19-/m0/s1. The van der Waals surface area contributed by atoms with Crippen molar-refractivity contribution in [1.29, 1.82) is 0 Å². The molecule has 128 valence electrons. The Morgan fingerprint density at radius 2 is 1.92 bits per heavy atom. The molecule has 6 heteroatoms. The Morgan fingerprint density at radius 3 is 2.48 bits per heavy atom. The minimum Gasteiger partial charge on any atom is -0.364 e. The first-order valence-corrected chi connectivity index (χ1v) is 7.93. The van der Waals surface area contributed by atoms with Crippen molar-refractivity contribution in [2.24, 2.45) is 0 Å². The lowest BCUT2D eigenvalue weighted by Gasteiger charge is -2.27. The first kappa shape index (κ1) is 16.9. The van der Waals surface area contributed by atoms with E-state index >= 15 is 0 Å². The molecule has 0 aliphatic rings. The maximum Gasteiger partial charge on any atom is 0.261 e. The second-order valence-corrected chi connectivity index (χ2v) is 5.81. The van der Waals surface area contributed by atoms with Gasteiger partial charge in [0.15, 0.2) is 5.60 Å². The van der Waals surface area contributed by atoms with Crippen molar-refractivity contribution in [1.82, 2.24) is 14.5 Å². The summed E-state index contributed by atoms with van der Waals surface area (Å²) in [6.07, 6.45) is 5.18. The Bertz CT molecular complexity index is 859. The number of ether oxygens (including phenoxy) is 1. The quantitative estimate of drug-likeness (QED) is 0.777. The van der Waals surface area contributed by atoms with Crippen LogP contribution in [-0.4, -0.2) is 27.6 Å². The van der Waals surface area contributed by atoms with Gasteiger partial charge in [-0.1, -0.05) is 30.3 Å². The molecular weight excluding hydrogens is 316 g/mol. The number of methoxy groups -OCH3 is 1. The number of aromatic nitrogens is 3. The Morgan fingerprint density at radius 1 is 1.16 bits per heavy atom. The van der Waals surface area contributed by atoms with E-state index in [-0.39, 0.29) is 5.91 Å². The normalized spacial score (nSPS) is 13.2. The lowest BCUT2D eigenvalue weighted by molar-refractivity contribution is -0.136. The number of carbonyl (C=O) groups excluding carboxylic acids is 1. The van der Waals surface area contributed by atoms with Crippen molar-refractivity contribution in [3.63, 3.8) is 0 Å². The van der Waals surface area contributed by atoms with E-state index in [1.54, 1.807) is 25.4 Å². The lowest BCUT2D eigenvalue weighted by Crippen LogP contribution is -2.39. The molecule has 3 rings (SSSR count).